The highest BCUT2D eigenvalue weighted by Crippen LogP contribution is 2.05. The van der Waals surface area contributed by atoms with E-state index < -0.39 is 60.4 Å². The fourth-order valence-corrected chi connectivity index (χ4v) is 3.49. The number of nitrogens with two attached hydrogens (primary N) is 2. The lowest BCUT2D eigenvalue weighted by Gasteiger charge is -2.24. The number of rotatable bonds is 16. The van der Waals surface area contributed by atoms with E-state index >= 15 is 0 Å². The van der Waals surface area contributed by atoms with Crippen molar-refractivity contribution in [2.45, 2.75) is 49.9 Å². The minimum atomic E-state index is -1.50. The van der Waals surface area contributed by atoms with Crippen molar-refractivity contribution in [3.8, 4) is 0 Å². The Labute approximate surface area is 207 Å². The van der Waals surface area contributed by atoms with Gasteiger partial charge >= 0.3 is 5.97 Å². The largest absolute Gasteiger partial charge is 0.480 e. The van der Waals surface area contributed by atoms with Crippen LogP contribution < -0.4 is 27.4 Å². The number of carboxylic acid groups (broad SMARTS) is 1. The van der Waals surface area contributed by atoms with Crippen molar-refractivity contribution in [3.05, 3.63) is 35.9 Å². The van der Waals surface area contributed by atoms with Crippen LogP contribution in [0.4, 0.5) is 0 Å². The maximum atomic E-state index is 12.8. The third-order valence-electron chi connectivity index (χ3n) is 4.99. The number of benzene rings is 1. The topological polar surface area (TPSA) is 214 Å². The van der Waals surface area contributed by atoms with E-state index in [9.17, 15) is 34.2 Å². The Bertz CT molecular complexity index is 871. The Hall–Kier alpha value is -3.16. The van der Waals surface area contributed by atoms with Crippen molar-refractivity contribution in [2.24, 2.45) is 11.5 Å². The standard InChI is InChI=1S/C22H33N5O7S/c1-35-10-9-14(23)19(30)25-15(7-8-18(24)29)20(31)27-17(12-28)21(32)26-16(22(33)34)11-13-5-3-2-4-6-13/h2-6,14-17,28H,7-12,23H2,1H3,(H2,24,29)(H,25,30)(H,26,32)(H,27,31)(H,33,34). The van der Waals surface area contributed by atoms with Gasteiger partial charge in [-0.05, 0) is 30.4 Å². The molecule has 0 aliphatic rings. The number of carboxylic acids is 1. The summed E-state index contributed by atoms with van der Waals surface area (Å²) in [4.78, 5) is 60.6. The first-order valence-corrected chi connectivity index (χ1v) is 12.3. The molecule has 12 nitrogen and oxygen atoms in total. The van der Waals surface area contributed by atoms with E-state index in [-0.39, 0.29) is 19.3 Å². The van der Waals surface area contributed by atoms with Crippen molar-refractivity contribution in [1.29, 1.82) is 0 Å². The maximum Gasteiger partial charge on any atom is 0.326 e. The van der Waals surface area contributed by atoms with Gasteiger partial charge in [-0.3, -0.25) is 19.2 Å². The summed E-state index contributed by atoms with van der Waals surface area (Å²) in [5, 5.41) is 26.1. The number of amides is 4. The SMILES string of the molecule is CSCCC(N)C(=O)NC(CCC(N)=O)C(=O)NC(CO)C(=O)NC(Cc1ccccc1)C(=O)O. The molecule has 0 aliphatic carbocycles. The molecule has 35 heavy (non-hydrogen) atoms. The van der Waals surface area contributed by atoms with Crippen LogP contribution in [-0.4, -0.2) is 82.6 Å². The number of nitrogens with one attached hydrogen (secondary N) is 3. The number of hydrogen-bond donors (Lipinski definition) is 7. The number of aliphatic hydroxyl groups is 1. The molecular formula is C22H33N5O7S. The van der Waals surface area contributed by atoms with E-state index in [1.807, 2.05) is 6.26 Å². The zero-order valence-electron chi connectivity index (χ0n) is 19.4. The minimum Gasteiger partial charge on any atom is -0.480 e. The molecule has 1 rings (SSSR count). The molecule has 194 valence electrons. The van der Waals surface area contributed by atoms with Gasteiger partial charge < -0.3 is 37.6 Å². The summed E-state index contributed by atoms with van der Waals surface area (Å²) in [5.74, 6) is -3.79. The molecule has 1 aromatic carbocycles. The molecule has 0 spiro atoms. The molecule has 0 heterocycles. The number of carbonyl (C=O) groups is 5. The van der Waals surface area contributed by atoms with Gasteiger partial charge in [0.25, 0.3) is 0 Å². The maximum absolute atomic E-state index is 12.8. The molecule has 4 atom stereocenters. The van der Waals surface area contributed by atoms with E-state index in [0.717, 1.165) is 0 Å². The first-order chi connectivity index (χ1) is 16.6. The lowest BCUT2D eigenvalue weighted by Crippen LogP contribution is -2.58. The van der Waals surface area contributed by atoms with Crippen LogP contribution in [0, 0.1) is 0 Å². The Balaban J connectivity index is 2.87. The predicted molar refractivity (Wildman–Crippen MR) is 130 cm³/mol. The zero-order chi connectivity index (χ0) is 26.4. The van der Waals surface area contributed by atoms with Gasteiger partial charge in [0, 0.05) is 12.8 Å². The molecule has 0 fully saturated rings. The predicted octanol–water partition coefficient (Wildman–Crippen LogP) is -1.89. The van der Waals surface area contributed by atoms with Crippen LogP contribution in [-0.2, 0) is 30.4 Å². The molecule has 0 saturated carbocycles. The number of primary amides is 1. The number of hydrogen-bond acceptors (Lipinski definition) is 8. The second-order valence-electron chi connectivity index (χ2n) is 7.79. The second-order valence-corrected chi connectivity index (χ2v) is 8.77. The first kappa shape index (κ1) is 29.9. The fourth-order valence-electron chi connectivity index (χ4n) is 3.00. The summed E-state index contributed by atoms with van der Waals surface area (Å²) in [6.07, 6.45) is 1.80. The van der Waals surface area contributed by atoms with E-state index in [1.54, 1.807) is 30.3 Å². The monoisotopic (exact) mass is 511 g/mol. The Morgan fingerprint density at radius 1 is 0.914 bits per heavy atom. The van der Waals surface area contributed by atoms with Crippen molar-refractivity contribution < 1.29 is 34.2 Å². The molecule has 0 radical (unpaired) electrons. The van der Waals surface area contributed by atoms with Crippen LogP contribution in [0.15, 0.2) is 30.3 Å². The van der Waals surface area contributed by atoms with Crippen molar-refractivity contribution in [1.82, 2.24) is 16.0 Å². The van der Waals surface area contributed by atoms with Gasteiger partial charge in [0.15, 0.2) is 0 Å². The van der Waals surface area contributed by atoms with Crippen LogP contribution in [0.5, 0.6) is 0 Å². The van der Waals surface area contributed by atoms with Gasteiger partial charge in [-0.15, -0.1) is 0 Å². The Morgan fingerprint density at radius 2 is 1.49 bits per heavy atom. The van der Waals surface area contributed by atoms with E-state index in [1.165, 1.54) is 11.8 Å². The molecule has 0 aromatic heterocycles. The number of carbonyl (C=O) groups excluding carboxylic acids is 4. The summed E-state index contributed by atoms with van der Waals surface area (Å²) in [6.45, 7) is -0.834. The highest BCUT2D eigenvalue weighted by molar-refractivity contribution is 7.98. The van der Waals surface area contributed by atoms with Crippen LogP contribution in [0.3, 0.4) is 0 Å². The quantitative estimate of drug-likeness (QED) is 0.132. The van der Waals surface area contributed by atoms with Crippen LogP contribution in [0.25, 0.3) is 0 Å². The molecule has 4 unspecified atom stereocenters. The van der Waals surface area contributed by atoms with Crippen molar-refractivity contribution in [2.75, 3.05) is 18.6 Å². The van der Waals surface area contributed by atoms with Gasteiger partial charge in [-0.2, -0.15) is 11.8 Å². The second kappa shape index (κ2) is 15.7. The van der Waals surface area contributed by atoms with Crippen molar-refractivity contribution in [3.63, 3.8) is 0 Å². The van der Waals surface area contributed by atoms with Crippen LogP contribution in [0.1, 0.15) is 24.8 Å². The third kappa shape index (κ3) is 11.2. The third-order valence-corrected chi connectivity index (χ3v) is 5.64. The fraction of sp³-hybridized carbons (Fsp3) is 0.500. The van der Waals surface area contributed by atoms with Crippen LogP contribution >= 0.6 is 11.8 Å². The highest BCUT2D eigenvalue weighted by Gasteiger charge is 2.30. The zero-order valence-corrected chi connectivity index (χ0v) is 20.3. The number of aliphatic carboxylic acids is 1. The van der Waals surface area contributed by atoms with Crippen LogP contribution in [0.2, 0.25) is 0 Å². The molecule has 9 N–H and O–H groups in total. The van der Waals surface area contributed by atoms with Gasteiger partial charge in [0.05, 0.1) is 12.6 Å². The van der Waals surface area contributed by atoms with E-state index in [2.05, 4.69) is 16.0 Å². The van der Waals surface area contributed by atoms with E-state index in [4.69, 9.17) is 11.5 Å². The van der Waals surface area contributed by atoms with Crippen molar-refractivity contribution >= 4 is 41.4 Å². The lowest BCUT2D eigenvalue weighted by molar-refractivity contribution is -0.142. The summed E-state index contributed by atoms with van der Waals surface area (Å²) in [6, 6.07) is 3.65. The molecular weight excluding hydrogens is 478 g/mol. The molecule has 13 heteroatoms. The number of thioether (sulfide) groups is 1. The summed E-state index contributed by atoms with van der Waals surface area (Å²) in [7, 11) is 0. The summed E-state index contributed by atoms with van der Waals surface area (Å²) < 4.78 is 0. The molecule has 1 aromatic rings. The number of aliphatic hydroxyl groups excluding tert-OH is 1. The molecule has 4 amide bonds. The van der Waals surface area contributed by atoms with Gasteiger partial charge in [-0.1, -0.05) is 30.3 Å². The highest BCUT2D eigenvalue weighted by atomic mass is 32.2. The first-order valence-electron chi connectivity index (χ1n) is 10.9. The van der Waals surface area contributed by atoms with Gasteiger partial charge in [-0.25, -0.2) is 4.79 Å². The minimum absolute atomic E-state index is 0.0146. The molecule has 0 aliphatic heterocycles. The van der Waals surface area contributed by atoms with Gasteiger partial charge in [0.2, 0.25) is 23.6 Å². The molecule has 0 saturated heterocycles. The van der Waals surface area contributed by atoms with E-state index in [0.29, 0.717) is 17.7 Å². The summed E-state index contributed by atoms with van der Waals surface area (Å²) >= 11 is 1.49. The Morgan fingerprint density at radius 3 is 2.03 bits per heavy atom. The summed E-state index contributed by atoms with van der Waals surface area (Å²) in [5.41, 5.74) is 11.6. The normalized spacial score (nSPS) is 14.1. The smallest absolute Gasteiger partial charge is 0.326 e. The average molecular weight is 512 g/mol. The lowest BCUT2D eigenvalue weighted by atomic mass is 10.1. The average Bonchev–Trinajstić information content (AvgIpc) is 2.82. The van der Waals surface area contributed by atoms with Gasteiger partial charge in [0.1, 0.15) is 18.1 Å². The Kier molecular flexibility index (Phi) is 13.4. The molecule has 0 bridgehead atoms.